The molecule has 9 heterocycles. The number of alkyl halides is 2. The second-order valence-corrected chi connectivity index (χ2v) is 17.8. The fraction of sp³-hybridized carbons (Fsp3) is 0.426. The topological polar surface area (TPSA) is 158 Å². The first-order valence-electron chi connectivity index (χ1n) is 22.5. The summed E-state index contributed by atoms with van der Waals surface area (Å²) < 4.78 is 40.6. The van der Waals surface area contributed by atoms with Gasteiger partial charge >= 0.3 is 0 Å². The average Bonchev–Trinajstić information content (AvgIpc) is 4.00. The number of anilines is 4. The molecule has 1 atom stereocenters. The number of hydrogen-bond donors (Lipinski definition) is 1. The number of nitrogens with one attached hydrogen (secondary N) is 1. The first-order valence-corrected chi connectivity index (χ1v) is 22.5. The minimum absolute atomic E-state index is 0.0000504. The maximum absolute atomic E-state index is 15.4. The second kappa shape index (κ2) is 16.1. The third-order valence-electron chi connectivity index (χ3n) is 14.1. The molecule has 0 aliphatic carbocycles. The van der Waals surface area contributed by atoms with Crippen molar-refractivity contribution in [2.24, 2.45) is 0 Å². The zero-order valence-corrected chi connectivity index (χ0v) is 36.0. The van der Waals surface area contributed by atoms with Crippen molar-refractivity contribution in [3.8, 4) is 11.1 Å². The molecule has 11 rings (SSSR count). The number of aryl methyl sites for hydroxylation is 1. The van der Waals surface area contributed by atoms with E-state index < -0.39 is 36.1 Å². The molecule has 6 aliphatic heterocycles. The third-order valence-corrected chi connectivity index (χ3v) is 14.1. The molecular weight excluding hydrogens is 839 g/mol. The number of piperazine rings is 1. The van der Waals surface area contributed by atoms with Gasteiger partial charge in [-0.1, -0.05) is 0 Å². The van der Waals surface area contributed by atoms with Crippen molar-refractivity contribution in [2.75, 3.05) is 67.2 Å². The standard InChI is InChI=1S/C47H48F2N10O6/c1-27(60)55-13-9-37-36(26-55)44(52-59(37)29-10-19-65-20-11-29)57-12-2-3-28-21-33(34(43(48)49)23-39(28)57)31-8-14-56-40(31)24-50-25-42(56)54-17-15-53(16-18-54)30-4-5-32-35(22-30)47(64)58(46(32)63)38-6-7-41(61)51-45(38)62/h4-5,8,14,21-25,29,38,43H,2-3,6-7,9-13,15-20,26H2,1H3,(H,51,61,62). The van der Waals surface area contributed by atoms with E-state index in [-0.39, 0.29) is 41.5 Å². The number of benzene rings is 2. The highest BCUT2D eigenvalue weighted by atomic mass is 19.3. The Kier molecular flexibility index (Phi) is 10.2. The van der Waals surface area contributed by atoms with Gasteiger partial charge in [0.05, 0.1) is 41.6 Å². The number of ether oxygens (including phenoxy) is 1. The van der Waals surface area contributed by atoms with Gasteiger partial charge in [-0.3, -0.25) is 43.9 Å². The lowest BCUT2D eigenvalue weighted by Crippen LogP contribution is -2.54. The van der Waals surface area contributed by atoms with Crippen LogP contribution in [0.25, 0.3) is 16.6 Å². The molecule has 0 spiro atoms. The molecule has 16 nitrogen and oxygen atoms in total. The van der Waals surface area contributed by atoms with Crippen molar-refractivity contribution in [3.05, 3.63) is 88.5 Å². The Morgan fingerprint density at radius 1 is 0.831 bits per heavy atom. The Labute approximate surface area is 372 Å². The van der Waals surface area contributed by atoms with E-state index in [0.29, 0.717) is 82.1 Å². The number of amides is 5. The predicted molar refractivity (Wildman–Crippen MR) is 235 cm³/mol. The lowest BCUT2D eigenvalue weighted by atomic mass is 9.92. The average molecular weight is 887 g/mol. The normalized spacial score (nSPS) is 20.5. The van der Waals surface area contributed by atoms with Crippen LogP contribution in [0.15, 0.2) is 55.0 Å². The molecule has 65 heavy (non-hydrogen) atoms. The van der Waals surface area contributed by atoms with Gasteiger partial charge in [0.15, 0.2) is 5.82 Å². The highest BCUT2D eigenvalue weighted by molar-refractivity contribution is 6.23. The molecule has 5 amide bonds. The van der Waals surface area contributed by atoms with Gasteiger partial charge < -0.3 is 28.7 Å². The Morgan fingerprint density at radius 3 is 2.38 bits per heavy atom. The summed E-state index contributed by atoms with van der Waals surface area (Å²) in [5, 5.41) is 7.46. The quantitative estimate of drug-likeness (QED) is 0.214. The fourth-order valence-corrected chi connectivity index (χ4v) is 10.8. The lowest BCUT2D eigenvalue weighted by molar-refractivity contribution is -0.136. The lowest BCUT2D eigenvalue weighted by Gasteiger charge is -2.37. The van der Waals surface area contributed by atoms with Gasteiger partial charge in [-0.25, -0.2) is 8.78 Å². The molecule has 1 N–H and O–H groups in total. The molecule has 0 radical (unpaired) electrons. The largest absolute Gasteiger partial charge is 0.381 e. The molecule has 336 valence electrons. The van der Waals surface area contributed by atoms with Crippen LogP contribution in [-0.2, 0) is 38.5 Å². The van der Waals surface area contributed by atoms with Crippen LogP contribution in [0.3, 0.4) is 0 Å². The second-order valence-electron chi connectivity index (χ2n) is 17.8. The molecule has 5 aromatic rings. The highest BCUT2D eigenvalue weighted by Gasteiger charge is 2.45. The van der Waals surface area contributed by atoms with E-state index in [1.807, 2.05) is 33.7 Å². The van der Waals surface area contributed by atoms with Crippen molar-refractivity contribution in [1.29, 1.82) is 0 Å². The molecule has 6 aliphatic rings. The van der Waals surface area contributed by atoms with Gasteiger partial charge in [-0.05, 0) is 79.6 Å². The minimum atomic E-state index is -2.76. The van der Waals surface area contributed by atoms with E-state index in [2.05, 4.69) is 29.7 Å². The summed E-state index contributed by atoms with van der Waals surface area (Å²) in [6, 6.07) is 9.73. The fourth-order valence-electron chi connectivity index (χ4n) is 10.8. The SMILES string of the molecule is CC(=O)N1CCc2c(c(N3CCCc4cc(-c5ccn6c(N7CCN(c8ccc9c(c8)C(=O)N(C8CCC(=O)NC8=O)C9=O)CC7)cncc56)c(C(F)F)cc43)nn2C2CCOCC2)C1. The summed E-state index contributed by atoms with van der Waals surface area (Å²) in [6.45, 7) is 6.92. The van der Waals surface area contributed by atoms with Gasteiger partial charge in [-0.2, -0.15) is 5.10 Å². The number of rotatable bonds is 7. The summed E-state index contributed by atoms with van der Waals surface area (Å²) in [5.41, 5.74) is 6.78. The molecule has 3 aromatic heterocycles. The molecule has 0 saturated carbocycles. The van der Waals surface area contributed by atoms with Crippen LogP contribution in [0.4, 0.5) is 31.8 Å². The van der Waals surface area contributed by atoms with Gasteiger partial charge in [0, 0.05) is 112 Å². The molecule has 18 heteroatoms. The van der Waals surface area contributed by atoms with E-state index in [9.17, 15) is 24.0 Å². The Hall–Kier alpha value is -6.69. The number of nitrogens with zero attached hydrogens (tertiary/aromatic N) is 9. The molecular formula is C47H48F2N10O6. The van der Waals surface area contributed by atoms with Crippen LogP contribution in [0.5, 0.6) is 0 Å². The zero-order chi connectivity index (χ0) is 44.7. The molecule has 3 fully saturated rings. The number of carbonyl (C=O) groups excluding carboxylic acids is 5. The number of halogens is 2. The minimum Gasteiger partial charge on any atom is -0.381 e. The maximum atomic E-state index is 15.4. The number of fused-ring (bicyclic) bond motifs is 4. The summed E-state index contributed by atoms with van der Waals surface area (Å²) in [4.78, 5) is 77.5. The van der Waals surface area contributed by atoms with Gasteiger partial charge in [-0.15, -0.1) is 0 Å². The highest BCUT2D eigenvalue weighted by Crippen LogP contribution is 2.45. The number of aromatic nitrogens is 4. The molecule has 2 aromatic carbocycles. The van der Waals surface area contributed by atoms with Crippen LogP contribution >= 0.6 is 0 Å². The molecule has 3 saturated heterocycles. The van der Waals surface area contributed by atoms with E-state index in [1.54, 1.807) is 37.5 Å². The predicted octanol–water partition coefficient (Wildman–Crippen LogP) is 5.20. The smallest absolute Gasteiger partial charge is 0.264 e. The summed E-state index contributed by atoms with van der Waals surface area (Å²) in [5.74, 6) is -0.613. The first-order chi connectivity index (χ1) is 31.5. The van der Waals surface area contributed by atoms with Crippen molar-refractivity contribution >= 4 is 58.1 Å². The molecule has 0 bridgehead atoms. The van der Waals surface area contributed by atoms with E-state index in [4.69, 9.17) is 9.84 Å². The monoisotopic (exact) mass is 886 g/mol. The van der Waals surface area contributed by atoms with E-state index >= 15 is 8.78 Å². The van der Waals surface area contributed by atoms with E-state index in [0.717, 1.165) is 70.4 Å². The number of imide groups is 2. The Morgan fingerprint density at radius 2 is 1.62 bits per heavy atom. The number of piperidine rings is 1. The van der Waals surface area contributed by atoms with Crippen molar-refractivity contribution in [2.45, 2.75) is 76.9 Å². The molecule has 1 unspecified atom stereocenters. The summed E-state index contributed by atoms with van der Waals surface area (Å²) in [7, 11) is 0. The van der Waals surface area contributed by atoms with Crippen LogP contribution in [0.2, 0.25) is 0 Å². The third kappa shape index (κ3) is 6.91. The Bertz CT molecular complexity index is 2810. The first kappa shape index (κ1) is 41.0. The van der Waals surface area contributed by atoms with Crippen LogP contribution in [0.1, 0.15) is 94.6 Å². The van der Waals surface area contributed by atoms with E-state index in [1.165, 1.54) is 0 Å². The van der Waals surface area contributed by atoms with Crippen molar-refractivity contribution < 1.29 is 37.5 Å². The van der Waals surface area contributed by atoms with Gasteiger partial charge in [0.2, 0.25) is 17.7 Å². The van der Waals surface area contributed by atoms with Gasteiger partial charge in [0.1, 0.15) is 11.9 Å². The summed E-state index contributed by atoms with van der Waals surface area (Å²) >= 11 is 0. The number of carbonyl (C=O) groups is 5. The van der Waals surface area contributed by atoms with Crippen molar-refractivity contribution in [1.82, 2.24) is 34.3 Å². The Balaban J connectivity index is 0.857. The summed E-state index contributed by atoms with van der Waals surface area (Å²) in [6.07, 6.45) is 6.68. The maximum Gasteiger partial charge on any atom is 0.264 e. The number of hydrogen-bond acceptors (Lipinski definition) is 11. The zero-order valence-electron chi connectivity index (χ0n) is 36.0. The van der Waals surface area contributed by atoms with Gasteiger partial charge in [0.25, 0.3) is 18.2 Å². The van der Waals surface area contributed by atoms with Crippen LogP contribution < -0.4 is 20.0 Å². The van der Waals surface area contributed by atoms with Crippen LogP contribution in [-0.4, -0.2) is 117 Å². The van der Waals surface area contributed by atoms with Crippen molar-refractivity contribution in [3.63, 3.8) is 0 Å². The van der Waals surface area contributed by atoms with Crippen LogP contribution in [0, 0.1) is 0 Å².